The first-order chi connectivity index (χ1) is 7.61. The maximum absolute atomic E-state index is 11.8. The van der Waals surface area contributed by atoms with Crippen LogP contribution < -0.4 is 4.90 Å². The van der Waals surface area contributed by atoms with E-state index in [4.69, 9.17) is 11.6 Å². The van der Waals surface area contributed by atoms with Crippen LogP contribution in [0.1, 0.15) is 12.0 Å². The Hall–Kier alpha value is -0.610. The molecule has 1 aromatic heterocycles. The van der Waals surface area contributed by atoms with Gasteiger partial charge in [0.15, 0.2) is 0 Å². The summed E-state index contributed by atoms with van der Waals surface area (Å²) in [5, 5.41) is 0. The van der Waals surface area contributed by atoms with Crippen LogP contribution in [-0.4, -0.2) is 23.3 Å². The molecular weight excluding hydrogens is 291 g/mol. The molecule has 1 unspecified atom stereocenters. The van der Waals surface area contributed by atoms with Crippen molar-refractivity contribution in [2.24, 2.45) is 5.92 Å². The minimum atomic E-state index is 0.124. The van der Waals surface area contributed by atoms with Gasteiger partial charge in [-0.05, 0) is 40.4 Å². The molecule has 1 fully saturated rings. The molecule has 16 heavy (non-hydrogen) atoms. The first kappa shape index (κ1) is 11.9. The maximum atomic E-state index is 11.8. The van der Waals surface area contributed by atoms with E-state index < -0.39 is 0 Å². The molecule has 0 spiro atoms. The number of halogens is 2. The smallest absolute Gasteiger partial charge is 0.227 e. The third-order valence-corrected chi connectivity index (χ3v) is 3.72. The molecule has 0 aliphatic carbocycles. The van der Waals surface area contributed by atoms with Crippen molar-refractivity contribution in [3.8, 4) is 0 Å². The van der Waals surface area contributed by atoms with Gasteiger partial charge in [-0.25, -0.2) is 4.98 Å². The van der Waals surface area contributed by atoms with Crippen LogP contribution >= 0.6 is 27.5 Å². The van der Waals surface area contributed by atoms with Gasteiger partial charge in [0, 0.05) is 25.0 Å². The Bertz CT molecular complexity index is 424. The molecule has 5 heteroatoms. The van der Waals surface area contributed by atoms with Crippen LogP contribution in [0.2, 0.25) is 0 Å². The number of pyridine rings is 1. The third-order valence-electron chi connectivity index (χ3n) is 2.67. The Morgan fingerprint density at radius 1 is 1.69 bits per heavy atom. The molecule has 1 atom stereocenters. The van der Waals surface area contributed by atoms with Crippen molar-refractivity contribution in [3.63, 3.8) is 0 Å². The lowest BCUT2D eigenvalue weighted by Crippen LogP contribution is -2.25. The zero-order valence-electron chi connectivity index (χ0n) is 8.91. The van der Waals surface area contributed by atoms with Crippen molar-refractivity contribution in [1.29, 1.82) is 0 Å². The number of alkyl halides is 1. The number of carbonyl (C=O) groups excluding carboxylic acids is 1. The van der Waals surface area contributed by atoms with Gasteiger partial charge >= 0.3 is 0 Å². The first-order valence-corrected chi connectivity index (χ1v) is 6.43. The molecule has 0 radical (unpaired) electrons. The van der Waals surface area contributed by atoms with Crippen molar-refractivity contribution in [3.05, 3.63) is 22.4 Å². The highest BCUT2D eigenvalue weighted by Gasteiger charge is 2.31. The van der Waals surface area contributed by atoms with Crippen LogP contribution in [0.4, 0.5) is 5.69 Å². The van der Waals surface area contributed by atoms with E-state index in [2.05, 4.69) is 20.9 Å². The van der Waals surface area contributed by atoms with Gasteiger partial charge in [-0.1, -0.05) is 0 Å². The van der Waals surface area contributed by atoms with Gasteiger partial charge in [-0.3, -0.25) is 4.79 Å². The summed E-state index contributed by atoms with van der Waals surface area (Å²) in [5.74, 6) is 0.902. The van der Waals surface area contributed by atoms with Gasteiger partial charge < -0.3 is 4.90 Å². The predicted octanol–water partition coefficient (Wildman–Crippen LogP) is 2.74. The second kappa shape index (κ2) is 4.72. The standard InChI is InChI=1S/C11H12BrClN2O/c1-7-2-9(11(12)14-5-7)15-6-8(4-13)3-10(15)16/h2,5,8H,3-4,6H2,1H3. The van der Waals surface area contributed by atoms with Gasteiger partial charge in [0.05, 0.1) is 5.69 Å². The largest absolute Gasteiger partial charge is 0.309 e. The Balaban J connectivity index is 2.30. The summed E-state index contributed by atoms with van der Waals surface area (Å²) in [7, 11) is 0. The molecular formula is C11H12BrClN2O. The summed E-state index contributed by atoms with van der Waals surface area (Å²) in [4.78, 5) is 17.8. The van der Waals surface area contributed by atoms with E-state index >= 15 is 0 Å². The highest BCUT2D eigenvalue weighted by Crippen LogP contribution is 2.31. The number of hydrogen-bond acceptors (Lipinski definition) is 2. The molecule has 1 aromatic rings. The van der Waals surface area contributed by atoms with Gasteiger partial charge in [-0.15, -0.1) is 11.6 Å². The van der Waals surface area contributed by atoms with Crippen LogP contribution in [0.5, 0.6) is 0 Å². The molecule has 0 aromatic carbocycles. The molecule has 0 N–H and O–H groups in total. The Labute approximate surface area is 108 Å². The number of aryl methyl sites for hydroxylation is 1. The second-order valence-corrected chi connectivity index (χ2v) is 5.11. The average molecular weight is 304 g/mol. The van der Waals surface area contributed by atoms with Gasteiger partial charge in [-0.2, -0.15) is 0 Å². The number of hydrogen-bond donors (Lipinski definition) is 0. The van der Waals surface area contributed by atoms with Gasteiger partial charge in [0.1, 0.15) is 4.60 Å². The second-order valence-electron chi connectivity index (χ2n) is 4.05. The molecule has 86 valence electrons. The lowest BCUT2D eigenvalue weighted by atomic mass is 10.1. The van der Waals surface area contributed by atoms with E-state index in [-0.39, 0.29) is 11.8 Å². The molecule has 0 saturated carbocycles. The summed E-state index contributed by atoms with van der Waals surface area (Å²) < 4.78 is 0.710. The minimum Gasteiger partial charge on any atom is -0.309 e. The molecule has 3 nitrogen and oxygen atoms in total. The fourth-order valence-corrected chi connectivity index (χ4v) is 2.48. The van der Waals surface area contributed by atoms with Crippen LogP contribution in [0.15, 0.2) is 16.9 Å². The summed E-state index contributed by atoms with van der Waals surface area (Å²) in [6, 6.07) is 1.96. The van der Waals surface area contributed by atoms with E-state index in [0.717, 1.165) is 11.3 Å². The van der Waals surface area contributed by atoms with Crippen LogP contribution in [0.25, 0.3) is 0 Å². The topological polar surface area (TPSA) is 33.2 Å². The average Bonchev–Trinajstić information content (AvgIpc) is 2.63. The zero-order chi connectivity index (χ0) is 11.7. The minimum absolute atomic E-state index is 0.124. The number of amides is 1. The quantitative estimate of drug-likeness (QED) is 0.622. The van der Waals surface area contributed by atoms with E-state index in [0.29, 0.717) is 23.4 Å². The van der Waals surface area contributed by atoms with E-state index in [1.165, 1.54) is 0 Å². The normalized spacial score (nSPS) is 20.6. The highest BCUT2D eigenvalue weighted by atomic mass is 79.9. The summed E-state index contributed by atoms with van der Waals surface area (Å²) in [6.45, 7) is 2.65. The van der Waals surface area contributed by atoms with Crippen LogP contribution in [0, 0.1) is 12.8 Å². The van der Waals surface area contributed by atoms with Crippen molar-refractivity contribution in [2.45, 2.75) is 13.3 Å². The maximum Gasteiger partial charge on any atom is 0.227 e. The predicted molar refractivity (Wildman–Crippen MR) is 67.9 cm³/mol. The first-order valence-electron chi connectivity index (χ1n) is 5.10. The number of aromatic nitrogens is 1. The summed E-state index contributed by atoms with van der Waals surface area (Å²) in [6.07, 6.45) is 2.30. The Morgan fingerprint density at radius 3 is 3.06 bits per heavy atom. The molecule has 2 heterocycles. The summed E-state index contributed by atoms with van der Waals surface area (Å²) in [5.41, 5.74) is 1.89. The highest BCUT2D eigenvalue weighted by molar-refractivity contribution is 9.10. The summed E-state index contributed by atoms with van der Waals surface area (Å²) >= 11 is 9.16. The number of carbonyl (C=O) groups is 1. The van der Waals surface area contributed by atoms with E-state index in [9.17, 15) is 4.79 Å². The van der Waals surface area contributed by atoms with Crippen molar-refractivity contribution >= 4 is 39.1 Å². The SMILES string of the molecule is Cc1cnc(Br)c(N2CC(CCl)CC2=O)c1. The third kappa shape index (κ3) is 2.23. The van der Waals surface area contributed by atoms with Gasteiger partial charge in [0.25, 0.3) is 0 Å². The van der Waals surface area contributed by atoms with E-state index in [1.54, 1.807) is 11.1 Å². The Morgan fingerprint density at radius 2 is 2.44 bits per heavy atom. The molecule has 0 bridgehead atoms. The zero-order valence-corrected chi connectivity index (χ0v) is 11.3. The monoisotopic (exact) mass is 302 g/mol. The fraction of sp³-hybridized carbons (Fsp3) is 0.455. The molecule has 2 rings (SSSR count). The lowest BCUT2D eigenvalue weighted by molar-refractivity contribution is -0.117. The van der Waals surface area contributed by atoms with Crippen LogP contribution in [-0.2, 0) is 4.79 Å². The van der Waals surface area contributed by atoms with Gasteiger partial charge in [0.2, 0.25) is 5.91 Å². The lowest BCUT2D eigenvalue weighted by Gasteiger charge is -2.17. The van der Waals surface area contributed by atoms with E-state index in [1.807, 2.05) is 13.0 Å². The number of anilines is 1. The molecule has 1 aliphatic rings. The molecule has 1 saturated heterocycles. The fourth-order valence-electron chi connectivity index (χ4n) is 1.84. The molecule has 1 amide bonds. The molecule has 1 aliphatic heterocycles. The number of rotatable bonds is 2. The van der Waals surface area contributed by atoms with Crippen molar-refractivity contribution in [1.82, 2.24) is 4.98 Å². The van der Waals surface area contributed by atoms with Crippen molar-refractivity contribution < 1.29 is 4.79 Å². The number of nitrogens with zero attached hydrogens (tertiary/aromatic N) is 2. The van der Waals surface area contributed by atoms with Crippen LogP contribution in [0.3, 0.4) is 0 Å². The Kier molecular flexibility index (Phi) is 3.50. The van der Waals surface area contributed by atoms with Crippen molar-refractivity contribution in [2.75, 3.05) is 17.3 Å².